The van der Waals surface area contributed by atoms with Crippen LogP contribution in [0.4, 0.5) is 0 Å². The fraction of sp³-hybridized carbons (Fsp3) is 0.211. The van der Waals surface area contributed by atoms with Crippen molar-refractivity contribution in [1.29, 1.82) is 0 Å². The minimum atomic E-state index is -0.0225. The number of hydrogen-bond acceptors (Lipinski definition) is 6. The van der Waals surface area contributed by atoms with Gasteiger partial charge in [0.2, 0.25) is 17.6 Å². The minimum absolute atomic E-state index is 0.0137. The second kappa shape index (κ2) is 8.05. The van der Waals surface area contributed by atoms with Crippen molar-refractivity contribution in [2.75, 3.05) is 6.54 Å². The molecule has 0 aliphatic carbocycles. The summed E-state index contributed by atoms with van der Waals surface area (Å²) in [5.74, 6) is 1.40. The molecular weight excluding hydrogens is 364 g/mol. The Bertz CT molecular complexity index is 925. The van der Waals surface area contributed by atoms with E-state index in [0.717, 1.165) is 5.56 Å². The normalized spacial score (nSPS) is 12.1. The predicted molar refractivity (Wildman–Crippen MR) is 100 cm³/mol. The number of thiophene rings is 1. The van der Waals surface area contributed by atoms with Gasteiger partial charge in [-0.1, -0.05) is 5.16 Å². The van der Waals surface area contributed by atoms with Crippen molar-refractivity contribution < 1.29 is 13.7 Å². The maximum Gasteiger partial charge on any atom is 0.238 e. The van der Waals surface area contributed by atoms with Gasteiger partial charge in [-0.15, -0.1) is 0 Å². The van der Waals surface area contributed by atoms with Gasteiger partial charge in [-0.25, -0.2) is 0 Å². The van der Waals surface area contributed by atoms with Gasteiger partial charge in [0.05, 0.1) is 18.7 Å². The third kappa shape index (κ3) is 4.17. The van der Waals surface area contributed by atoms with Crippen LogP contribution in [0.2, 0.25) is 0 Å². The first-order chi connectivity index (χ1) is 13.3. The van der Waals surface area contributed by atoms with Gasteiger partial charge in [0.1, 0.15) is 0 Å². The van der Waals surface area contributed by atoms with Crippen molar-refractivity contribution in [2.24, 2.45) is 0 Å². The largest absolute Gasteiger partial charge is 0.461 e. The third-order valence-electron chi connectivity index (χ3n) is 4.16. The smallest absolute Gasteiger partial charge is 0.238 e. The molecule has 0 radical (unpaired) electrons. The van der Waals surface area contributed by atoms with E-state index in [-0.39, 0.29) is 11.9 Å². The molecule has 4 heterocycles. The lowest BCUT2D eigenvalue weighted by atomic mass is 10.1. The highest BCUT2D eigenvalue weighted by molar-refractivity contribution is 7.08. The van der Waals surface area contributed by atoms with E-state index in [9.17, 15) is 4.79 Å². The highest BCUT2D eigenvalue weighted by Gasteiger charge is 2.18. The van der Waals surface area contributed by atoms with Crippen LogP contribution in [0.3, 0.4) is 0 Å². The van der Waals surface area contributed by atoms with Crippen LogP contribution in [0, 0.1) is 0 Å². The van der Waals surface area contributed by atoms with Gasteiger partial charge in [0.15, 0.2) is 5.76 Å². The van der Waals surface area contributed by atoms with E-state index < -0.39 is 0 Å². The van der Waals surface area contributed by atoms with Gasteiger partial charge in [-0.2, -0.15) is 16.3 Å². The number of nitrogens with zero attached hydrogens (tertiary/aromatic N) is 3. The molecule has 0 saturated carbocycles. The molecule has 0 aliphatic rings. The Balaban J connectivity index is 1.31. The first-order valence-electron chi connectivity index (χ1n) is 8.57. The van der Waals surface area contributed by atoms with Crippen molar-refractivity contribution in [3.05, 3.63) is 71.2 Å². The molecule has 0 aliphatic heterocycles. The number of carbonyl (C=O) groups excluding carboxylic acids is 1. The minimum Gasteiger partial charge on any atom is -0.461 e. The molecule has 1 atom stereocenters. The lowest BCUT2D eigenvalue weighted by Crippen LogP contribution is -2.28. The summed E-state index contributed by atoms with van der Waals surface area (Å²) >= 11 is 1.63. The molecule has 0 saturated heterocycles. The molecule has 7 nitrogen and oxygen atoms in total. The molecule has 0 spiro atoms. The summed E-state index contributed by atoms with van der Waals surface area (Å²) in [5, 5.41) is 10.9. The predicted octanol–water partition coefficient (Wildman–Crippen LogP) is 3.53. The Hall–Kier alpha value is -3.13. The molecule has 4 aromatic heterocycles. The van der Waals surface area contributed by atoms with E-state index in [1.807, 2.05) is 29.9 Å². The lowest BCUT2D eigenvalue weighted by Gasteiger charge is -2.17. The molecule has 0 aromatic carbocycles. The van der Waals surface area contributed by atoms with Crippen molar-refractivity contribution >= 4 is 17.2 Å². The van der Waals surface area contributed by atoms with E-state index >= 15 is 0 Å². The van der Waals surface area contributed by atoms with Crippen molar-refractivity contribution in [1.82, 2.24) is 20.0 Å². The van der Waals surface area contributed by atoms with Gasteiger partial charge in [0.25, 0.3) is 0 Å². The molecule has 138 valence electrons. The van der Waals surface area contributed by atoms with E-state index in [2.05, 4.69) is 31.5 Å². The van der Waals surface area contributed by atoms with Crippen LogP contribution in [0.25, 0.3) is 11.6 Å². The molecule has 0 bridgehead atoms. The molecule has 8 heteroatoms. The number of furan rings is 1. The van der Waals surface area contributed by atoms with E-state index in [1.54, 1.807) is 29.7 Å². The lowest BCUT2D eigenvalue weighted by molar-refractivity contribution is -0.121. The Labute approximate surface area is 159 Å². The zero-order valence-corrected chi connectivity index (χ0v) is 15.3. The van der Waals surface area contributed by atoms with Crippen molar-refractivity contribution in [2.45, 2.75) is 18.9 Å². The summed E-state index contributed by atoms with van der Waals surface area (Å²) in [6, 6.07) is 9.49. The first-order valence-corrected chi connectivity index (χ1v) is 9.51. The van der Waals surface area contributed by atoms with Crippen LogP contribution in [-0.2, 0) is 11.2 Å². The molecule has 0 unspecified atom stereocenters. The molecule has 1 amide bonds. The molecule has 0 fully saturated rings. The second-order valence-corrected chi connectivity index (χ2v) is 6.78. The van der Waals surface area contributed by atoms with E-state index in [4.69, 9.17) is 8.94 Å². The van der Waals surface area contributed by atoms with Gasteiger partial charge in [-0.05, 0) is 46.7 Å². The Morgan fingerprint density at radius 2 is 2.15 bits per heavy atom. The van der Waals surface area contributed by atoms with Gasteiger partial charge < -0.3 is 18.8 Å². The Morgan fingerprint density at radius 1 is 1.26 bits per heavy atom. The fourth-order valence-corrected chi connectivity index (χ4v) is 3.54. The average molecular weight is 382 g/mol. The van der Waals surface area contributed by atoms with Crippen LogP contribution in [0.5, 0.6) is 0 Å². The topological polar surface area (TPSA) is 86.1 Å². The number of carbonyl (C=O) groups is 1. The summed E-state index contributed by atoms with van der Waals surface area (Å²) < 4.78 is 12.5. The molecule has 27 heavy (non-hydrogen) atoms. The number of aromatic nitrogens is 3. The fourth-order valence-electron chi connectivity index (χ4n) is 2.83. The highest BCUT2D eigenvalue weighted by Crippen LogP contribution is 2.24. The number of amides is 1. The Kier molecular flexibility index (Phi) is 5.15. The van der Waals surface area contributed by atoms with Crippen molar-refractivity contribution in [3.63, 3.8) is 0 Å². The second-order valence-electron chi connectivity index (χ2n) is 6.00. The van der Waals surface area contributed by atoms with E-state index in [0.29, 0.717) is 36.9 Å². The van der Waals surface area contributed by atoms with Gasteiger partial charge in [-0.3, -0.25) is 4.79 Å². The molecule has 1 N–H and O–H groups in total. The van der Waals surface area contributed by atoms with Crippen LogP contribution in [0.1, 0.15) is 23.9 Å². The molecule has 4 aromatic rings. The zero-order valence-electron chi connectivity index (χ0n) is 14.4. The maximum absolute atomic E-state index is 12.4. The molecular formula is C19H18N4O3S. The quantitative estimate of drug-likeness (QED) is 0.504. The summed E-state index contributed by atoms with van der Waals surface area (Å²) in [7, 11) is 0. The summed E-state index contributed by atoms with van der Waals surface area (Å²) in [6.07, 6.45) is 6.34. The van der Waals surface area contributed by atoms with Crippen LogP contribution >= 0.6 is 11.3 Å². The third-order valence-corrected chi connectivity index (χ3v) is 4.87. The number of hydrogen-bond donors (Lipinski definition) is 1. The van der Waals surface area contributed by atoms with Gasteiger partial charge in [0, 0.05) is 25.4 Å². The summed E-state index contributed by atoms with van der Waals surface area (Å²) in [6.45, 7) is 0.431. The summed E-state index contributed by atoms with van der Waals surface area (Å²) in [5.41, 5.74) is 1.13. The highest BCUT2D eigenvalue weighted by atomic mass is 32.1. The number of nitrogens with one attached hydrogen (secondary N) is 1. The number of rotatable bonds is 8. The van der Waals surface area contributed by atoms with Gasteiger partial charge >= 0.3 is 0 Å². The summed E-state index contributed by atoms with van der Waals surface area (Å²) in [4.78, 5) is 16.7. The monoisotopic (exact) mass is 382 g/mol. The Morgan fingerprint density at radius 3 is 2.89 bits per heavy atom. The van der Waals surface area contributed by atoms with Crippen LogP contribution in [-0.4, -0.2) is 27.2 Å². The first kappa shape index (κ1) is 17.3. The van der Waals surface area contributed by atoms with Crippen LogP contribution in [0.15, 0.2) is 68.7 Å². The standard InChI is InChI=1S/C19H18N4O3S/c24-17(12-15(14-6-11-27-13-14)23-8-1-2-9-23)20-7-5-18-21-19(22-26-18)16-4-3-10-25-16/h1-4,6,8-11,13,15H,5,7,12H2,(H,20,24)/t15-/m0/s1. The zero-order chi connectivity index (χ0) is 18.5. The SMILES string of the molecule is O=C(C[C@@H](c1ccsc1)n1cccc1)NCCc1nc(-c2ccco2)no1. The van der Waals surface area contributed by atoms with Crippen molar-refractivity contribution in [3.8, 4) is 11.6 Å². The average Bonchev–Trinajstić information content (AvgIpc) is 3.48. The van der Waals surface area contributed by atoms with Crippen LogP contribution < -0.4 is 5.32 Å². The molecule has 4 rings (SSSR count). The maximum atomic E-state index is 12.4. The van der Waals surface area contributed by atoms with E-state index in [1.165, 1.54) is 0 Å².